The lowest BCUT2D eigenvalue weighted by Gasteiger charge is -2.26. The van der Waals surface area contributed by atoms with Crippen molar-refractivity contribution in [3.8, 4) is 12.3 Å². The summed E-state index contributed by atoms with van der Waals surface area (Å²) in [6.45, 7) is 1.40. The molecule has 10 heteroatoms. The molecule has 0 radical (unpaired) electrons. The molecule has 1 fully saturated rings. The van der Waals surface area contributed by atoms with Crippen molar-refractivity contribution in [1.29, 1.82) is 0 Å². The van der Waals surface area contributed by atoms with Crippen LogP contribution in [0.15, 0.2) is 58.2 Å². The lowest BCUT2D eigenvalue weighted by atomic mass is 10.1. The fraction of sp³-hybridized carbons (Fsp3) is 0.261. The first kappa shape index (κ1) is 22.7. The Morgan fingerprint density at radius 1 is 1.09 bits per heavy atom. The summed E-state index contributed by atoms with van der Waals surface area (Å²) in [4.78, 5) is 25.3. The van der Waals surface area contributed by atoms with E-state index >= 15 is 0 Å². The number of rotatable bonds is 6. The Bertz CT molecular complexity index is 1390. The van der Waals surface area contributed by atoms with Gasteiger partial charge in [0, 0.05) is 24.0 Å². The third-order valence-electron chi connectivity index (χ3n) is 5.33. The molecule has 1 N–H and O–H groups in total. The first-order valence-electron chi connectivity index (χ1n) is 10.3. The predicted molar refractivity (Wildman–Crippen MR) is 122 cm³/mol. The zero-order chi connectivity index (χ0) is 23.4. The molecule has 0 bridgehead atoms. The Morgan fingerprint density at radius 3 is 2.42 bits per heavy atom. The van der Waals surface area contributed by atoms with Gasteiger partial charge in [-0.2, -0.15) is 9.40 Å². The number of hydrogen-bond donors (Lipinski definition) is 1. The average molecular weight is 467 g/mol. The minimum absolute atomic E-state index is 0.0176. The zero-order valence-electron chi connectivity index (χ0n) is 17.7. The Morgan fingerprint density at radius 2 is 1.76 bits per heavy atom. The Hall–Kier alpha value is -3.52. The van der Waals surface area contributed by atoms with Crippen LogP contribution >= 0.6 is 0 Å². The number of morpholine rings is 1. The van der Waals surface area contributed by atoms with E-state index in [0.29, 0.717) is 48.3 Å². The largest absolute Gasteiger partial charge is 0.379 e. The highest BCUT2D eigenvalue weighted by molar-refractivity contribution is 7.89. The Balaban J connectivity index is 1.52. The summed E-state index contributed by atoms with van der Waals surface area (Å²) in [5, 5.41) is 8.17. The molecular weight excluding hydrogens is 444 g/mol. The van der Waals surface area contributed by atoms with Crippen molar-refractivity contribution >= 4 is 26.7 Å². The standard InChI is InChI=1S/C23H22N4O5S/c1-2-11-27-23(29)20-6-4-3-5-19(20)21(25-27)16-24-22(28)17-7-9-18(10-8-17)33(30,31)26-12-14-32-15-13-26/h1,3-10H,11-16H2,(H,24,28). The molecule has 1 aliphatic rings. The van der Waals surface area contributed by atoms with Crippen LogP contribution in [0.5, 0.6) is 0 Å². The molecule has 0 saturated carbocycles. The molecule has 0 atom stereocenters. The molecule has 1 saturated heterocycles. The molecular formula is C23H22N4O5S. The third-order valence-corrected chi connectivity index (χ3v) is 7.24. The predicted octanol–water partition coefficient (Wildman–Crippen LogP) is 0.981. The molecule has 33 heavy (non-hydrogen) atoms. The molecule has 0 aliphatic carbocycles. The van der Waals surface area contributed by atoms with Gasteiger partial charge in [-0.25, -0.2) is 13.1 Å². The number of fused-ring (bicyclic) bond motifs is 1. The van der Waals surface area contributed by atoms with Crippen LogP contribution in [0.1, 0.15) is 16.1 Å². The second kappa shape index (κ2) is 9.54. The molecule has 170 valence electrons. The van der Waals surface area contributed by atoms with Crippen molar-refractivity contribution in [1.82, 2.24) is 19.4 Å². The fourth-order valence-electron chi connectivity index (χ4n) is 3.61. The van der Waals surface area contributed by atoms with Gasteiger partial charge in [-0.05, 0) is 30.3 Å². The van der Waals surface area contributed by atoms with Crippen molar-refractivity contribution in [2.24, 2.45) is 0 Å². The van der Waals surface area contributed by atoms with E-state index < -0.39 is 15.9 Å². The lowest BCUT2D eigenvalue weighted by Crippen LogP contribution is -2.40. The van der Waals surface area contributed by atoms with E-state index in [-0.39, 0.29) is 23.5 Å². The maximum atomic E-state index is 12.7. The minimum Gasteiger partial charge on any atom is -0.379 e. The first-order valence-corrected chi connectivity index (χ1v) is 11.7. The summed E-state index contributed by atoms with van der Waals surface area (Å²) in [6.07, 6.45) is 5.34. The summed E-state index contributed by atoms with van der Waals surface area (Å²) < 4.78 is 33.2. The molecule has 0 unspecified atom stereocenters. The van der Waals surface area contributed by atoms with E-state index in [1.54, 1.807) is 24.3 Å². The highest BCUT2D eigenvalue weighted by Gasteiger charge is 2.26. The molecule has 3 aromatic rings. The zero-order valence-corrected chi connectivity index (χ0v) is 18.5. The highest BCUT2D eigenvalue weighted by atomic mass is 32.2. The van der Waals surface area contributed by atoms with Crippen molar-refractivity contribution in [3.63, 3.8) is 0 Å². The SMILES string of the molecule is C#CCn1nc(CNC(=O)c2ccc(S(=O)(=O)N3CCOCC3)cc2)c2ccccc2c1=O. The lowest BCUT2D eigenvalue weighted by molar-refractivity contribution is 0.0730. The van der Waals surface area contributed by atoms with Crippen LogP contribution < -0.4 is 10.9 Å². The van der Waals surface area contributed by atoms with Gasteiger partial charge in [-0.1, -0.05) is 24.1 Å². The van der Waals surface area contributed by atoms with Crippen molar-refractivity contribution in [2.75, 3.05) is 26.3 Å². The van der Waals surface area contributed by atoms with Gasteiger partial charge in [0.2, 0.25) is 10.0 Å². The highest BCUT2D eigenvalue weighted by Crippen LogP contribution is 2.18. The molecule has 2 heterocycles. The number of nitrogens with one attached hydrogen (secondary N) is 1. The number of carbonyl (C=O) groups excluding carboxylic acids is 1. The van der Waals surface area contributed by atoms with Crippen LogP contribution in [0.2, 0.25) is 0 Å². The smallest absolute Gasteiger partial charge is 0.275 e. The molecule has 1 aliphatic heterocycles. The first-order chi connectivity index (χ1) is 15.9. The fourth-order valence-corrected chi connectivity index (χ4v) is 5.02. The summed E-state index contributed by atoms with van der Waals surface area (Å²) >= 11 is 0. The number of nitrogens with zero attached hydrogens (tertiary/aromatic N) is 3. The number of sulfonamides is 1. The van der Waals surface area contributed by atoms with Gasteiger partial charge in [0.25, 0.3) is 11.5 Å². The average Bonchev–Trinajstić information content (AvgIpc) is 2.85. The normalized spacial score (nSPS) is 14.6. The molecule has 1 aromatic heterocycles. The van der Waals surface area contributed by atoms with Crippen LogP contribution in [0.4, 0.5) is 0 Å². The van der Waals surface area contributed by atoms with Gasteiger partial charge in [0.05, 0.1) is 35.7 Å². The van der Waals surface area contributed by atoms with Crippen molar-refractivity contribution < 1.29 is 17.9 Å². The van der Waals surface area contributed by atoms with Gasteiger partial charge in [0.15, 0.2) is 0 Å². The van der Waals surface area contributed by atoms with E-state index in [9.17, 15) is 18.0 Å². The summed E-state index contributed by atoms with van der Waals surface area (Å²) in [6, 6.07) is 12.7. The minimum atomic E-state index is -3.64. The number of benzene rings is 2. The summed E-state index contributed by atoms with van der Waals surface area (Å²) in [5.74, 6) is 2.00. The number of hydrogen-bond acceptors (Lipinski definition) is 6. The maximum Gasteiger partial charge on any atom is 0.275 e. The second-order valence-corrected chi connectivity index (χ2v) is 9.32. The molecule has 2 aromatic carbocycles. The van der Waals surface area contributed by atoms with Crippen molar-refractivity contribution in [3.05, 3.63) is 70.1 Å². The number of ether oxygens (including phenoxy) is 1. The van der Waals surface area contributed by atoms with Gasteiger partial charge in [-0.15, -0.1) is 6.42 Å². The second-order valence-electron chi connectivity index (χ2n) is 7.38. The van der Waals surface area contributed by atoms with Gasteiger partial charge in [-0.3, -0.25) is 9.59 Å². The topological polar surface area (TPSA) is 111 Å². The molecule has 4 rings (SSSR count). The van der Waals surface area contributed by atoms with Crippen LogP contribution in [0.3, 0.4) is 0 Å². The Kier molecular flexibility index (Phi) is 6.55. The summed E-state index contributed by atoms with van der Waals surface area (Å²) in [5.41, 5.74) is 0.508. The number of carbonyl (C=O) groups is 1. The van der Waals surface area contributed by atoms with Gasteiger partial charge < -0.3 is 10.1 Å². The van der Waals surface area contributed by atoms with Crippen LogP contribution in [0, 0.1) is 12.3 Å². The van der Waals surface area contributed by atoms with Crippen LogP contribution in [-0.4, -0.2) is 54.7 Å². The van der Waals surface area contributed by atoms with Gasteiger partial charge >= 0.3 is 0 Å². The van der Waals surface area contributed by atoms with E-state index in [1.807, 2.05) is 0 Å². The van der Waals surface area contributed by atoms with E-state index in [0.717, 1.165) is 0 Å². The van der Waals surface area contributed by atoms with E-state index in [1.165, 1.54) is 33.3 Å². The molecule has 1 amide bonds. The maximum absolute atomic E-state index is 12.7. The van der Waals surface area contributed by atoms with Crippen molar-refractivity contribution in [2.45, 2.75) is 18.0 Å². The molecule has 9 nitrogen and oxygen atoms in total. The van der Waals surface area contributed by atoms with Crippen LogP contribution in [-0.2, 0) is 27.8 Å². The number of terminal acetylenes is 1. The van der Waals surface area contributed by atoms with E-state index in [4.69, 9.17) is 11.2 Å². The third kappa shape index (κ3) is 4.66. The summed E-state index contributed by atoms with van der Waals surface area (Å²) in [7, 11) is -3.64. The monoisotopic (exact) mass is 466 g/mol. The quantitative estimate of drug-likeness (QED) is 0.543. The van der Waals surface area contributed by atoms with Gasteiger partial charge in [0.1, 0.15) is 6.54 Å². The Labute approximate surface area is 191 Å². The number of aromatic nitrogens is 2. The van der Waals surface area contributed by atoms with Crippen LogP contribution in [0.25, 0.3) is 10.8 Å². The van der Waals surface area contributed by atoms with E-state index in [2.05, 4.69) is 16.3 Å². The number of amides is 1. The molecule has 0 spiro atoms.